The number of benzene rings is 1. The molecule has 7 nitrogen and oxygen atoms in total. The summed E-state index contributed by atoms with van der Waals surface area (Å²) < 4.78 is 16.7. The highest BCUT2D eigenvalue weighted by Gasteiger charge is 2.37. The largest absolute Gasteiger partial charge is 0.490 e. The molecule has 1 N–H and O–H groups in total. The highest BCUT2D eigenvalue weighted by molar-refractivity contribution is 5.67. The molecule has 1 aromatic carbocycles. The molecule has 1 aromatic rings. The van der Waals surface area contributed by atoms with Crippen LogP contribution in [0.15, 0.2) is 24.3 Å². The number of aliphatic hydroxyl groups is 1. The Morgan fingerprint density at radius 2 is 2.04 bits per heavy atom. The van der Waals surface area contributed by atoms with Gasteiger partial charge in [-0.25, -0.2) is 4.79 Å². The normalized spacial score (nSPS) is 24.6. The molecule has 7 heteroatoms. The number of hydrogen-bond donors (Lipinski definition) is 1. The quantitative estimate of drug-likeness (QED) is 0.827. The van der Waals surface area contributed by atoms with Crippen molar-refractivity contribution >= 4 is 6.09 Å². The molecule has 1 amide bonds. The summed E-state index contributed by atoms with van der Waals surface area (Å²) in [6, 6.07) is 8.12. The second-order valence-corrected chi connectivity index (χ2v) is 7.72. The smallest absolute Gasteiger partial charge is 0.409 e. The summed E-state index contributed by atoms with van der Waals surface area (Å²) in [7, 11) is 0. The lowest BCUT2D eigenvalue weighted by Crippen LogP contribution is -2.54. The summed E-state index contributed by atoms with van der Waals surface area (Å²) in [5.74, 6) is 0.787. The first-order valence-corrected chi connectivity index (χ1v) is 10.1. The maximum atomic E-state index is 11.9. The molecule has 0 saturated carbocycles. The Bertz CT molecular complexity index is 647. The van der Waals surface area contributed by atoms with Gasteiger partial charge in [0.05, 0.1) is 19.8 Å². The fourth-order valence-corrected chi connectivity index (χ4v) is 3.90. The minimum atomic E-state index is -1.06. The predicted molar refractivity (Wildman–Crippen MR) is 106 cm³/mol. The van der Waals surface area contributed by atoms with Gasteiger partial charge in [-0.1, -0.05) is 18.2 Å². The Morgan fingerprint density at radius 1 is 1.29 bits per heavy atom. The Labute approximate surface area is 167 Å². The third-order valence-corrected chi connectivity index (χ3v) is 5.49. The maximum absolute atomic E-state index is 11.9. The van der Waals surface area contributed by atoms with Crippen LogP contribution in [0.25, 0.3) is 0 Å². The summed E-state index contributed by atoms with van der Waals surface area (Å²) in [5.41, 5.74) is -0.0133. The molecule has 2 heterocycles. The van der Waals surface area contributed by atoms with Crippen molar-refractivity contribution in [3.05, 3.63) is 29.8 Å². The number of para-hydroxylation sites is 1. The maximum Gasteiger partial charge on any atom is 0.409 e. The molecule has 0 aliphatic carbocycles. The molecule has 2 aliphatic heterocycles. The Balaban J connectivity index is 1.56. The molecule has 156 valence electrons. The molecule has 0 radical (unpaired) electrons. The van der Waals surface area contributed by atoms with Gasteiger partial charge in [0, 0.05) is 32.2 Å². The molecule has 0 aromatic heterocycles. The van der Waals surface area contributed by atoms with Gasteiger partial charge in [-0.2, -0.15) is 0 Å². The van der Waals surface area contributed by atoms with Crippen LogP contribution >= 0.6 is 0 Å². The first kappa shape index (κ1) is 20.9. The number of amides is 1. The van der Waals surface area contributed by atoms with Crippen LogP contribution in [0.3, 0.4) is 0 Å². The van der Waals surface area contributed by atoms with Crippen LogP contribution in [0.1, 0.15) is 25.3 Å². The average molecular weight is 392 g/mol. The number of hydrogen-bond acceptors (Lipinski definition) is 6. The molecule has 1 atom stereocenters. The number of carbonyl (C=O) groups excluding carboxylic acids is 1. The van der Waals surface area contributed by atoms with Gasteiger partial charge >= 0.3 is 6.09 Å². The van der Waals surface area contributed by atoms with Crippen LogP contribution in [0, 0.1) is 6.92 Å². The molecule has 2 aliphatic rings. The van der Waals surface area contributed by atoms with Crippen molar-refractivity contribution in [1.82, 2.24) is 9.80 Å². The van der Waals surface area contributed by atoms with Crippen LogP contribution in [0.2, 0.25) is 0 Å². The number of piperidine rings is 1. The number of carbonyl (C=O) groups is 1. The second kappa shape index (κ2) is 9.58. The third-order valence-electron chi connectivity index (χ3n) is 5.49. The molecule has 0 unspecified atom stereocenters. The van der Waals surface area contributed by atoms with Crippen LogP contribution in [0.4, 0.5) is 4.79 Å². The molecule has 3 rings (SSSR count). The van der Waals surface area contributed by atoms with Crippen LogP contribution in [-0.4, -0.2) is 85.2 Å². The molecular formula is C21H32N2O5. The van der Waals surface area contributed by atoms with E-state index >= 15 is 0 Å². The monoisotopic (exact) mass is 392 g/mol. The van der Waals surface area contributed by atoms with Gasteiger partial charge in [-0.3, -0.25) is 4.90 Å². The van der Waals surface area contributed by atoms with E-state index in [-0.39, 0.29) is 19.3 Å². The van der Waals surface area contributed by atoms with Crippen molar-refractivity contribution in [2.24, 2.45) is 0 Å². The molecular weight excluding hydrogens is 360 g/mol. The minimum absolute atomic E-state index is 0.191. The molecule has 0 spiro atoms. The summed E-state index contributed by atoms with van der Waals surface area (Å²) in [6.45, 7) is 7.89. The minimum Gasteiger partial charge on any atom is -0.490 e. The fraction of sp³-hybridized carbons (Fsp3) is 0.667. The van der Waals surface area contributed by atoms with Gasteiger partial charge in [-0.05, 0) is 38.3 Å². The van der Waals surface area contributed by atoms with E-state index in [0.29, 0.717) is 38.9 Å². The van der Waals surface area contributed by atoms with E-state index in [1.165, 1.54) is 0 Å². The number of ether oxygens (including phenoxy) is 3. The van der Waals surface area contributed by atoms with E-state index in [9.17, 15) is 9.90 Å². The predicted octanol–water partition coefficient (Wildman–Crippen LogP) is 2.06. The van der Waals surface area contributed by atoms with Gasteiger partial charge in [0.2, 0.25) is 0 Å². The van der Waals surface area contributed by atoms with Crippen molar-refractivity contribution in [3.63, 3.8) is 0 Å². The summed E-state index contributed by atoms with van der Waals surface area (Å²) in [6.07, 6.45) is 1.50. The van der Waals surface area contributed by atoms with Crippen LogP contribution < -0.4 is 4.74 Å². The summed E-state index contributed by atoms with van der Waals surface area (Å²) in [4.78, 5) is 16.0. The Morgan fingerprint density at radius 3 is 2.75 bits per heavy atom. The first-order chi connectivity index (χ1) is 13.5. The van der Waals surface area contributed by atoms with Crippen LogP contribution in [0.5, 0.6) is 5.75 Å². The Kier molecular flexibility index (Phi) is 7.15. The topological polar surface area (TPSA) is 71.5 Å². The summed E-state index contributed by atoms with van der Waals surface area (Å²) >= 11 is 0. The van der Waals surface area contributed by atoms with E-state index in [4.69, 9.17) is 14.2 Å². The lowest BCUT2D eigenvalue weighted by molar-refractivity contribution is -0.0689. The number of β-amino-alcohol motifs (C(OH)–C–C–N with tert-alkyl or cyclic N) is 1. The van der Waals surface area contributed by atoms with Crippen molar-refractivity contribution < 1.29 is 24.1 Å². The number of likely N-dealkylation sites (tertiary alicyclic amines) is 1. The standard InChI is InChI=1S/C21H32N2O5/c1-3-27-20(24)22-10-8-18(9-11-22)23-12-13-26-15-21(25,14-23)16-28-19-7-5-4-6-17(19)2/h4-7,18,25H,3,8-16H2,1-2H3/t21-/m1/s1. The lowest BCUT2D eigenvalue weighted by atomic mass is 10.00. The summed E-state index contributed by atoms with van der Waals surface area (Å²) in [5, 5.41) is 11.1. The van der Waals surface area contributed by atoms with E-state index in [0.717, 1.165) is 30.7 Å². The van der Waals surface area contributed by atoms with Gasteiger partial charge in [0.15, 0.2) is 0 Å². The zero-order valence-electron chi connectivity index (χ0n) is 16.9. The average Bonchev–Trinajstić information content (AvgIpc) is 2.90. The zero-order chi connectivity index (χ0) is 20.0. The van der Waals surface area contributed by atoms with Gasteiger partial charge in [0.1, 0.15) is 18.0 Å². The van der Waals surface area contributed by atoms with Gasteiger partial charge in [-0.15, -0.1) is 0 Å². The van der Waals surface area contributed by atoms with Gasteiger partial charge < -0.3 is 24.2 Å². The van der Waals surface area contributed by atoms with Crippen molar-refractivity contribution in [2.75, 3.05) is 52.6 Å². The molecule has 2 saturated heterocycles. The van der Waals surface area contributed by atoms with E-state index in [1.54, 1.807) is 4.90 Å². The fourth-order valence-electron chi connectivity index (χ4n) is 3.90. The van der Waals surface area contributed by atoms with Gasteiger partial charge in [0.25, 0.3) is 0 Å². The number of rotatable bonds is 5. The molecule has 28 heavy (non-hydrogen) atoms. The second-order valence-electron chi connectivity index (χ2n) is 7.72. The van der Waals surface area contributed by atoms with Crippen LogP contribution in [-0.2, 0) is 9.47 Å². The van der Waals surface area contributed by atoms with Crippen molar-refractivity contribution in [1.29, 1.82) is 0 Å². The highest BCUT2D eigenvalue weighted by Crippen LogP contribution is 2.24. The van der Waals surface area contributed by atoms with E-state index < -0.39 is 5.60 Å². The zero-order valence-corrected chi connectivity index (χ0v) is 16.9. The lowest BCUT2D eigenvalue weighted by Gasteiger charge is -2.39. The molecule has 2 fully saturated rings. The molecule has 0 bridgehead atoms. The van der Waals surface area contributed by atoms with Crippen molar-refractivity contribution in [2.45, 2.75) is 38.3 Å². The van der Waals surface area contributed by atoms with E-state index in [2.05, 4.69) is 4.90 Å². The SMILES string of the molecule is CCOC(=O)N1CCC(N2CCOC[C@@](O)(COc3ccccc3C)C2)CC1. The first-order valence-electron chi connectivity index (χ1n) is 10.1. The number of nitrogens with zero attached hydrogens (tertiary/aromatic N) is 2. The third kappa shape index (κ3) is 5.37. The van der Waals surface area contributed by atoms with E-state index in [1.807, 2.05) is 38.1 Å². The van der Waals surface area contributed by atoms with Crippen molar-refractivity contribution in [3.8, 4) is 5.75 Å². The Hall–Kier alpha value is -1.83. The number of aryl methyl sites for hydroxylation is 1. The highest BCUT2D eigenvalue weighted by atomic mass is 16.6.